The van der Waals surface area contributed by atoms with Crippen LogP contribution in [0.3, 0.4) is 0 Å². The van der Waals surface area contributed by atoms with Crippen LogP contribution in [-0.4, -0.2) is 23.5 Å². The van der Waals surface area contributed by atoms with Crippen LogP contribution in [0.15, 0.2) is 18.2 Å². The first-order chi connectivity index (χ1) is 9.65. The van der Waals surface area contributed by atoms with Gasteiger partial charge < -0.3 is 11.1 Å². The van der Waals surface area contributed by atoms with Crippen LogP contribution in [0.2, 0.25) is 0 Å². The molecule has 20 heavy (non-hydrogen) atoms. The molecule has 1 aromatic carbocycles. The number of thioether (sulfide) groups is 1. The number of thiophene rings is 1. The normalized spacial score (nSPS) is 16.4. The minimum absolute atomic E-state index is 0.0155. The zero-order chi connectivity index (χ0) is 14.1. The van der Waals surface area contributed by atoms with E-state index in [1.165, 1.54) is 16.9 Å². The number of anilines is 1. The Kier molecular flexibility index (Phi) is 3.89. The Balaban J connectivity index is 1.85. The minimum Gasteiger partial charge on any atom is -0.397 e. The lowest BCUT2D eigenvalue weighted by Gasteiger charge is -2.22. The highest BCUT2D eigenvalue weighted by atomic mass is 32.2. The number of amides is 1. The molecule has 3 N–H and O–H groups in total. The smallest absolute Gasteiger partial charge is 0.263 e. The monoisotopic (exact) mass is 306 g/mol. The van der Waals surface area contributed by atoms with Gasteiger partial charge in [-0.25, -0.2) is 0 Å². The largest absolute Gasteiger partial charge is 0.397 e. The molecule has 2 heterocycles. The van der Waals surface area contributed by atoms with Crippen LogP contribution in [0.4, 0.5) is 5.69 Å². The number of carbonyl (C=O) groups excluding carboxylic acids is 1. The number of nitrogen functional groups attached to an aromatic ring is 1. The second-order valence-corrected chi connectivity index (χ2v) is 7.48. The minimum atomic E-state index is -0.0155. The Morgan fingerprint density at radius 3 is 2.85 bits per heavy atom. The molecule has 1 fully saturated rings. The van der Waals surface area contributed by atoms with E-state index >= 15 is 0 Å². The molecule has 106 valence electrons. The molecule has 0 unspecified atom stereocenters. The van der Waals surface area contributed by atoms with Gasteiger partial charge in [0.1, 0.15) is 4.88 Å². The Labute approximate surface area is 126 Å². The third-order valence-corrected chi connectivity index (χ3v) is 5.88. The fourth-order valence-electron chi connectivity index (χ4n) is 2.49. The molecular formula is C15H18N2OS2. The predicted octanol–water partition coefficient (Wildman–Crippen LogP) is 3.42. The van der Waals surface area contributed by atoms with Gasteiger partial charge in [0.2, 0.25) is 0 Å². The molecule has 0 atom stereocenters. The van der Waals surface area contributed by atoms with Crippen molar-refractivity contribution in [2.75, 3.05) is 17.2 Å². The van der Waals surface area contributed by atoms with Crippen molar-refractivity contribution in [1.82, 2.24) is 5.32 Å². The van der Waals surface area contributed by atoms with Crippen LogP contribution in [-0.2, 0) is 0 Å². The molecule has 1 aliphatic heterocycles. The summed E-state index contributed by atoms with van der Waals surface area (Å²) in [6, 6.07) is 6.45. The fraction of sp³-hybridized carbons (Fsp3) is 0.400. The molecule has 0 aliphatic carbocycles. The van der Waals surface area contributed by atoms with Crippen molar-refractivity contribution >= 4 is 44.8 Å². The van der Waals surface area contributed by atoms with Crippen molar-refractivity contribution in [3.63, 3.8) is 0 Å². The summed E-state index contributed by atoms with van der Waals surface area (Å²) < 4.78 is 1.08. The molecule has 3 nitrogen and oxygen atoms in total. The lowest BCUT2D eigenvalue weighted by atomic mass is 10.1. The molecule has 1 saturated heterocycles. The van der Waals surface area contributed by atoms with Gasteiger partial charge in [-0.1, -0.05) is 11.6 Å². The lowest BCUT2D eigenvalue weighted by molar-refractivity contribution is 0.0940. The van der Waals surface area contributed by atoms with Gasteiger partial charge in [0, 0.05) is 16.1 Å². The van der Waals surface area contributed by atoms with Crippen molar-refractivity contribution in [2.24, 2.45) is 0 Å². The van der Waals surface area contributed by atoms with E-state index in [0.717, 1.165) is 34.4 Å². The standard InChI is InChI=1S/C15H18N2OS2/c1-9-2-3-12-11(8-9)13(16)14(20-12)15(18)17-10-4-6-19-7-5-10/h2-3,8,10H,4-7,16H2,1H3,(H,17,18). The average molecular weight is 306 g/mol. The van der Waals surface area contributed by atoms with E-state index in [9.17, 15) is 4.79 Å². The van der Waals surface area contributed by atoms with Crippen LogP contribution in [0, 0.1) is 6.92 Å². The first-order valence-electron chi connectivity index (χ1n) is 6.82. The molecule has 1 aliphatic rings. The van der Waals surface area contributed by atoms with E-state index < -0.39 is 0 Å². The highest BCUT2D eigenvalue weighted by Crippen LogP contribution is 2.34. The van der Waals surface area contributed by atoms with Gasteiger partial charge in [0.15, 0.2) is 0 Å². The van der Waals surface area contributed by atoms with Crippen molar-refractivity contribution in [3.05, 3.63) is 28.6 Å². The van der Waals surface area contributed by atoms with Crippen LogP contribution < -0.4 is 11.1 Å². The van der Waals surface area contributed by atoms with Gasteiger partial charge in [-0.15, -0.1) is 11.3 Å². The Morgan fingerprint density at radius 1 is 1.35 bits per heavy atom. The highest BCUT2D eigenvalue weighted by molar-refractivity contribution is 7.99. The van der Waals surface area contributed by atoms with Crippen molar-refractivity contribution < 1.29 is 4.79 Å². The van der Waals surface area contributed by atoms with Crippen molar-refractivity contribution in [2.45, 2.75) is 25.8 Å². The maximum Gasteiger partial charge on any atom is 0.263 e. The van der Waals surface area contributed by atoms with E-state index in [2.05, 4.69) is 17.4 Å². The summed E-state index contributed by atoms with van der Waals surface area (Å²) in [6.45, 7) is 2.04. The summed E-state index contributed by atoms with van der Waals surface area (Å²) in [5, 5.41) is 4.13. The summed E-state index contributed by atoms with van der Waals surface area (Å²) in [6.07, 6.45) is 2.11. The quantitative estimate of drug-likeness (QED) is 0.894. The summed E-state index contributed by atoms with van der Waals surface area (Å²) in [5.41, 5.74) is 7.95. The molecule has 0 bridgehead atoms. The first-order valence-corrected chi connectivity index (χ1v) is 8.79. The number of carbonyl (C=O) groups is 1. The molecule has 0 radical (unpaired) electrons. The topological polar surface area (TPSA) is 55.1 Å². The maximum absolute atomic E-state index is 12.4. The summed E-state index contributed by atoms with van der Waals surface area (Å²) in [7, 11) is 0. The van der Waals surface area contributed by atoms with Crippen LogP contribution >= 0.6 is 23.1 Å². The number of nitrogens with one attached hydrogen (secondary N) is 1. The number of hydrogen-bond donors (Lipinski definition) is 2. The second-order valence-electron chi connectivity index (χ2n) is 5.20. The third kappa shape index (κ3) is 2.65. The van der Waals surface area contributed by atoms with Gasteiger partial charge >= 0.3 is 0 Å². The third-order valence-electron chi connectivity index (χ3n) is 3.64. The number of fused-ring (bicyclic) bond motifs is 1. The second kappa shape index (κ2) is 5.66. The molecule has 3 rings (SSSR count). The summed E-state index contributed by atoms with van der Waals surface area (Å²) >= 11 is 3.44. The number of nitrogens with two attached hydrogens (primary N) is 1. The van der Waals surface area contributed by atoms with E-state index in [-0.39, 0.29) is 5.91 Å². The predicted molar refractivity (Wildman–Crippen MR) is 88.8 cm³/mol. The summed E-state index contributed by atoms with van der Waals surface area (Å²) in [4.78, 5) is 13.1. The SMILES string of the molecule is Cc1ccc2sc(C(=O)NC3CCSCC3)c(N)c2c1. The van der Waals surface area contributed by atoms with E-state index in [1.807, 2.05) is 24.8 Å². The lowest BCUT2D eigenvalue weighted by Crippen LogP contribution is -2.37. The molecule has 0 saturated carbocycles. The Hall–Kier alpha value is -1.20. The van der Waals surface area contributed by atoms with E-state index in [0.29, 0.717) is 16.6 Å². The average Bonchev–Trinajstić information content (AvgIpc) is 2.77. The van der Waals surface area contributed by atoms with Gasteiger partial charge in [-0.2, -0.15) is 11.8 Å². The maximum atomic E-state index is 12.4. The Morgan fingerprint density at radius 2 is 2.10 bits per heavy atom. The van der Waals surface area contributed by atoms with Gasteiger partial charge in [0.25, 0.3) is 5.91 Å². The van der Waals surface area contributed by atoms with Crippen molar-refractivity contribution in [3.8, 4) is 0 Å². The molecule has 1 aromatic heterocycles. The summed E-state index contributed by atoms with van der Waals surface area (Å²) in [5.74, 6) is 2.25. The zero-order valence-corrected chi connectivity index (χ0v) is 13.1. The van der Waals surface area contributed by atoms with Gasteiger partial charge in [-0.3, -0.25) is 4.79 Å². The molecule has 1 amide bonds. The Bertz CT molecular complexity index is 645. The molecule has 0 spiro atoms. The molecule has 5 heteroatoms. The van der Waals surface area contributed by atoms with Gasteiger partial charge in [-0.05, 0) is 43.4 Å². The van der Waals surface area contributed by atoms with Crippen LogP contribution in [0.1, 0.15) is 28.1 Å². The van der Waals surface area contributed by atoms with Crippen LogP contribution in [0.5, 0.6) is 0 Å². The number of aryl methyl sites for hydroxylation is 1. The number of rotatable bonds is 2. The van der Waals surface area contributed by atoms with E-state index in [1.54, 1.807) is 0 Å². The highest BCUT2D eigenvalue weighted by Gasteiger charge is 2.21. The van der Waals surface area contributed by atoms with Crippen LogP contribution in [0.25, 0.3) is 10.1 Å². The van der Waals surface area contributed by atoms with E-state index in [4.69, 9.17) is 5.73 Å². The number of hydrogen-bond acceptors (Lipinski definition) is 4. The van der Waals surface area contributed by atoms with Crippen molar-refractivity contribution in [1.29, 1.82) is 0 Å². The zero-order valence-electron chi connectivity index (χ0n) is 11.4. The molecule has 2 aromatic rings. The fourth-order valence-corrected chi connectivity index (χ4v) is 4.60. The molecular weight excluding hydrogens is 288 g/mol. The first kappa shape index (κ1) is 13.8. The van der Waals surface area contributed by atoms with Gasteiger partial charge in [0.05, 0.1) is 5.69 Å². The number of benzene rings is 1.